The number of nitrogens with one attached hydrogen (secondary N) is 1. The molecule has 73 heavy (non-hydrogen) atoms. The number of likely N-dealkylation sites (tertiary alicyclic amines) is 1. The fourth-order valence-electron chi connectivity index (χ4n) is 8.98. The molecule has 2 aliphatic rings. The van der Waals surface area contributed by atoms with Crippen LogP contribution >= 0.6 is 0 Å². The van der Waals surface area contributed by atoms with Gasteiger partial charge in [0.05, 0.1) is 47.3 Å². The highest BCUT2D eigenvalue weighted by Crippen LogP contribution is 2.37. The fraction of sp³-hybridized carbons (Fsp3) is 0.566. The Kier molecular flexibility index (Phi) is 17.6. The van der Waals surface area contributed by atoms with Crippen LogP contribution in [0, 0.1) is 23.7 Å². The van der Waals surface area contributed by atoms with E-state index >= 15 is 0 Å². The molecule has 392 valence electrons. The monoisotopic (exact) mass is 1030 g/mol. The quantitative estimate of drug-likeness (QED) is 0.0432. The zero-order valence-electron chi connectivity index (χ0n) is 45.6. The van der Waals surface area contributed by atoms with Gasteiger partial charge in [-0.05, 0) is 78.9 Å². The molecule has 0 spiro atoms. The van der Waals surface area contributed by atoms with Crippen molar-refractivity contribution in [3.63, 3.8) is 0 Å². The molecule has 3 N–H and O–H groups in total. The highest BCUT2D eigenvalue weighted by atomic mass is 28.3. The average molecular weight is 1030 g/mol. The van der Waals surface area contributed by atoms with Gasteiger partial charge >= 0.3 is 6.09 Å². The third-order valence-electron chi connectivity index (χ3n) is 12.8. The summed E-state index contributed by atoms with van der Waals surface area (Å²) in [6.45, 7) is 28.6. The molecule has 20 heteroatoms. The number of aromatic nitrogens is 10. The van der Waals surface area contributed by atoms with Crippen molar-refractivity contribution in [2.75, 3.05) is 63.5 Å². The van der Waals surface area contributed by atoms with E-state index in [-0.39, 0.29) is 12.0 Å². The SMILES string of the molecule is CC#Cc1c(C2CCCN(C(=O)OC(C)(C)C)C2)nc2c(-c3cnn(C)c3)cnn2c1N(COCC[Si](C)(C)C)COCC[Si](C)(C)C.CC#Cc1c(C2CCCNC2)nc2c(-c3cnn(C)c3)cnn2c1N. The number of nitrogen functional groups attached to an aromatic ring is 1. The predicted molar refractivity (Wildman–Crippen MR) is 295 cm³/mol. The van der Waals surface area contributed by atoms with E-state index in [1.165, 1.54) is 0 Å². The van der Waals surface area contributed by atoms with E-state index in [0.29, 0.717) is 57.1 Å². The lowest BCUT2D eigenvalue weighted by molar-refractivity contribution is 0.0197. The zero-order chi connectivity index (χ0) is 52.7. The van der Waals surface area contributed by atoms with Crippen molar-refractivity contribution in [3.8, 4) is 45.9 Å². The second-order valence-electron chi connectivity index (χ2n) is 22.6. The van der Waals surface area contributed by atoms with Crippen molar-refractivity contribution in [1.29, 1.82) is 0 Å². The lowest BCUT2D eigenvalue weighted by Crippen LogP contribution is -2.42. The van der Waals surface area contributed by atoms with Crippen molar-refractivity contribution in [1.82, 2.24) is 59.0 Å². The zero-order valence-corrected chi connectivity index (χ0v) is 47.6. The number of nitrogens with zero attached hydrogens (tertiary/aromatic N) is 12. The van der Waals surface area contributed by atoms with E-state index in [1.807, 2.05) is 89.1 Å². The second-order valence-corrected chi connectivity index (χ2v) is 33.9. The maximum atomic E-state index is 13.2. The Labute approximate surface area is 433 Å². The molecule has 8 rings (SSSR count). The normalized spacial score (nSPS) is 16.4. The Morgan fingerprint density at radius 3 is 1.81 bits per heavy atom. The van der Waals surface area contributed by atoms with Gasteiger partial charge in [0.15, 0.2) is 17.1 Å². The molecule has 18 nitrogen and oxygen atoms in total. The van der Waals surface area contributed by atoms with Gasteiger partial charge in [0.25, 0.3) is 0 Å². The van der Waals surface area contributed by atoms with Crippen LogP contribution in [0.2, 0.25) is 51.4 Å². The Morgan fingerprint density at radius 1 is 0.767 bits per heavy atom. The van der Waals surface area contributed by atoms with Crippen LogP contribution in [0.15, 0.2) is 37.2 Å². The van der Waals surface area contributed by atoms with Gasteiger partial charge < -0.3 is 35.1 Å². The number of amides is 1. The van der Waals surface area contributed by atoms with Crippen molar-refractivity contribution in [2.24, 2.45) is 14.1 Å². The van der Waals surface area contributed by atoms with Gasteiger partial charge in [-0.15, -0.1) is 11.8 Å². The minimum absolute atomic E-state index is 0.0509. The molecule has 1 amide bonds. The summed E-state index contributed by atoms with van der Waals surface area (Å²) < 4.78 is 25.6. The molecule has 0 radical (unpaired) electrons. The van der Waals surface area contributed by atoms with Crippen LogP contribution in [0.1, 0.15) is 94.7 Å². The first kappa shape index (κ1) is 54.7. The first-order valence-electron chi connectivity index (χ1n) is 25.7. The first-order chi connectivity index (χ1) is 34.6. The molecule has 2 unspecified atom stereocenters. The number of nitrogens with two attached hydrogens (primary N) is 1. The summed E-state index contributed by atoms with van der Waals surface area (Å²) in [4.78, 5) is 27.4. The van der Waals surface area contributed by atoms with Gasteiger partial charge in [0.2, 0.25) is 0 Å². The summed E-state index contributed by atoms with van der Waals surface area (Å²) in [5, 5.41) is 21.5. The van der Waals surface area contributed by atoms with Crippen LogP contribution in [0.25, 0.3) is 33.5 Å². The minimum Gasteiger partial charge on any atom is -0.444 e. The average Bonchev–Trinajstić information content (AvgIpc) is 4.16. The van der Waals surface area contributed by atoms with Crippen LogP contribution in [0.4, 0.5) is 16.4 Å². The van der Waals surface area contributed by atoms with Gasteiger partial charge in [-0.25, -0.2) is 14.8 Å². The third kappa shape index (κ3) is 14.0. The smallest absolute Gasteiger partial charge is 0.410 e. The Balaban J connectivity index is 0.000000259. The number of aryl methyl sites for hydroxylation is 2. The summed E-state index contributed by atoms with van der Waals surface area (Å²) in [6, 6.07) is 2.12. The van der Waals surface area contributed by atoms with Crippen LogP contribution in [0.5, 0.6) is 0 Å². The summed E-state index contributed by atoms with van der Waals surface area (Å²) in [5.74, 6) is 14.3. The Bertz CT molecular complexity index is 2960. The fourth-order valence-corrected chi connectivity index (χ4v) is 10.5. The Morgan fingerprint density at radius 2 is 1.30 bits per heavy atom. The molecule has 2 atom stereocenters. The van der Waals surface area contributed by atoms with E-state index in [2.05, 4.69) is 88.5 Å². The van der Waals surface area contributed by atoms with Crippen molar-refractivity contribution < 1.29 is 19.0 Å². The number of piperidine rings is 2. The van der Waals surface area contributed by atoms with Crippen LogP contribution in [0.3, 0.4) is 0 Å². The summed E-state index contributed by atoms with van der Waals surface area (Å²) >= 11 is 0. The summed E-state index contributed by atoms with van der Waals surface area (Å²) in [6.07, 6.45) is 14.8. The van der Waals surface area contributed by atoms with Crippen LogP contribution in [-0.4, -0.2) is 134 Å². The van der Waals surface area contributed by atoms with E-state index in [9.17, 15) is 4.79 Å². The molecule has 2 aliphatic heterocycles. The number of hydrogen-bond acceptors (Lipinski definition) is 13. The molecular weight excluding hydrogens is 953 g/mol. The largest absolute Gasteiger partial charge is 0.444 e. The van der Waals surface area contributed by atoms with Gasteiger partial charge in [-0.1, -0.05) is 51.1 Å². The summed E-state index contributed by atoms with van der Waals surface area (Å²) in [5.41, 5.74) is 14.4. The maximum absolute atomic E-state index is 13.2. The van der Waals surface area contributed by atoms with E-state index in [0.717, 1.165) is 107 Å². The number of carbonyl (C=O) groups excluding carboxylic acids is 1. The van der Waals surface area contributed by atoms with Crippen LogP contribution < -0.4 is 16.0 Å². The molecule has 0 aromatic carbocycles. The molecule has 2 saturated heterocycles. The molecule has 6 aromatic rings. The molecule has 2 fully saturated rings. The molecule has 6 aromatic heterocycles. The van der Waals surface area contributed by atoms with Gasteiger partial charge in [0.1, 0.15) is 24.9 Å². The topological polar surface area (TPSA) is 185 Å². The lowest BCUT2D eigenvalue weighted by Gasteiger charge is -2.35. The number of carbonyl (C=O) groups is 1. The van der Waals surface area contributed by atoms with E-state index in [4.69, 9.17) is 35.0 Å². The number of rotatable bonds is 15. The standard InChI is InChI=1S/C35H57N7O4Si2.C18H21N7/c1-12-14-29-31(27-15-13-16-40(24-27)34(43)46-35(2,3)4)38-32-30(28-21-36-39(5)23-28)22-37-42(32)33(29)41(25-44-17-19-47(6,7)8)26-45-18-20-48(9,10)11;1-3-5-14-16(12-6-4-7-20-8-12)23-18-15(10-22-25(18)17(14)19)13-9-21-24(2)11-13/h21-23,27H,13,15-20,24-26H2,1-11H3;9-12,20H,4,6-8,19H2,1-2H3. The molecule has 0 bridgehead atoms. The second kappa shape index (κ2) is 23.4. The first-order valence-corrected chi connectivity index (χ1v) is 33.1. The van der Waals surface area contributed by atoms with Gasteiger partial charge in [0, 0.05) is 110 Å². The van der Waals surface area contributed by atoms with Crippen molar-refractivity contribution in [3.05, 3.63) is 59.7 Å². The van der Waals surface area contributed by atoms with Gasteiger partial charge in [-0.2, -0.15) is 29.4 Å². The van der Waals surface area contributed by atoms with Crippen molar-refractivity contribution in [2.45, 2.75) is 129 Å². The Hall–Kier alpha value is -6.04. The number of hydrogen-bond donors (Lipinski definition) is 2. The molecule has 8 heterocycles. The number of anilines is 2. The maximum Gasteiger partial charge on any atom is 0.410 e. The molecule has 0 aliphatic carbocycles. The van der Waals surface area contributed by atoms with Crippen LogP contribution in [-0.2, 0) is 28.3 Å². The van der Waals surface area contributed by atoms with Gasteiger partial charge in [-0.3, -0.25) is 9.36 Å². The highest BCUT2D eigenvalue weighted by molar-refractivity contribution is 6.76. The lowest BCUT2D eigenvalue weighted by atomic mass is 9.91. The molecule has 0 saturated carbocycles. The van der Waals surface area contributed by atoms with Crippen molar-refractivity contribution >= 4 is 45.2 Å². The third-order valence-corrected chi connectivity index (χ3v) is 16.2. The number of fused-ring (bicyclic) bond motifs is 2. The predicted octanol–water partition coefficient (Wildman–Crippen LogP) is 8.60. The molecular formula is C53H78N14O4Si2. The minimum atomic E-state index is -1.29. The number of ether oxygens (including phenoxy) is 3. The van der Waals surface area contributed by atoms with E-state index < -0.39 is 21.7 Å². The summed E-state index contributed by atoms with van der Waals surface area (Å²) in [7, 11) is 1.21. The van der Waals surface area contributed by atoms with E-state index in [1.54, 1.807) is 20.1 Å². The highest BCUT2D eigenvalue weighted by Gasteiger charge is 2.34.